The predicted octanol–water partition coefficient (Wildman–Crippen LogP) is 3.37. The third-order valence-corrected chi connectivity index (χ3v) is 5.15. The fourth-order valence-electron chi connectivity index (χ4n) is 2.13. The molecule has 0 aromatic heterocycles. The topological polar surface area (TPSA) is 89.9 Å². The second-order valence-corrected chi connectivity index (χ2v) is 7.92. The smallest absolute Gasteiger partial charge is 0.226 e. The second-order valence-electron chi connectivity index (χ2n) is 5.71. The van der Waals surface area contributed by atoms with Crippen LogP contribution < -0.4 is 0 Å². The Bertz CT molecular complexity index is 613. The summed E-state index contributed by atoms with van der Waals surface area (Å²) >= 11 is 0. The quantitative estimate of drug-likeness (QED) is 0.461. The molecule has 0 radical (unpaired) electrons. The van der Waals surface area contributed by atoms with Gasteiger partial charge in [0.05, 0.1) is 4.90 Å². The van der Waals surface area contributed by atoms with Crippen molar-refractivity contribution in [1.29, 1.82) is 0 Å². The zero-order valence-electron chi connectivity index (χ0n) is 13.3. The Morgan fingerprint density at radius 1 is 1.09 bits per heavy atom. The van der Waals surface area contributed by atoms with E-state index >= 15 is 0 Å². The van der Waals surface area contributed by atoms with Crippen molar-refractivity contribution < 1.29 is 26.6 Å². The van der Waals surface area contributed by atoms with Gasteiger partial charge in [-0.2, -0.15) is 8.42 Å². The van der Waals surface area contributed by atoms with Crippen molar-refractivity contribution in [2.24, 2.45) is 11.8 Å². The van der Waals surface area contributed by atoms with Gasteiger partial charge < -0.3 is 0 Å². The van der Waals surface area contributed by atoms with Crippen LogP contribution in [0.3, 0.4) is 0 Å². The highest BCUT2D eigenvalue weighted by molar-refractivity contribution is 7.86. The lowest BCUT2D eigenvalue weighted by atomic mass is 9.92. The minimum absolute atomic E-state index is 0.0273. The van der Waals surface area contributed by atoms with Crippen molar-refractivity contribution in [3.8, 4) is 0 Å². The van der Waals surface area contributed by atoms with Crippen molar-refractivity contribution in [3.05, 3.63) is 29.8 Å². The summed E-state index contributed by atoms with van der Waals surface area (Å²) in [7, 11) is -7.15. The van der Waals surface area contributed by atoms with Crippen LogP contribution in [-0.4, -0.2) is 19.1 Å². The van der Waals surface area contributed by atoms with Crippen LogP contribution in [0.2, 0.25) is 0 Å². The summed E-state index contributed by atoms with van der Waals surface area (Å²) in [5.74, 6) is -2.64. The van der Waals surface area contributed by atoms with Crippen molar-refractivity contribution in [2.75, 3.05) is 0 Å². The van der Waals surface area contributed by atoms with Crippen LogP contribution in [0.5, 0.6) is 0 Å². The molecule has 1 N–H and O–H groups in total. The van der Waals surface area contributed by atoms with Gasteiger partial charge in [0.2, 0.25) is 5.79 Å². The number of aryl methyl sites for hydroxylation is 1. The van der Waals surface area contributed by atoms with Crippen LogP contribution in [0, 0.1) is 18.8 Å². The third kappa shape index (κ3) is 4.33. The molecule has 0 saturated carbocycles. The molecule has 0 spiro atoms. The molecule has 0 fully saturated rings. The first-order valence-corrected chi connectivity index (χ1v) is 9.42. The maximum absolute atomic E-state index is 12.5. The molecule has 0 aliphatic heterocycles. The van der Waals surface area contributed by atoms with E-state index in [9.17, 15) is 13.0 Å². The minimum atomic E-state index is -4.13. The van der Waals surface area contributed by atoms with Gasteiger partial charge >= 0.3 is 8.25 Å². The maximum atomic E-state index is 12.5. The summed E-state index contributed by atoms with van der Waals surface area (Å²) in [6.07, 6.45) is 0. The van der Waals surface area contributed by atoms with Crippen LogP contribution >= 0.6 is 8.25 Å². The summed E-state index contributed by atoms with van der Waals surface area (Å²) in [5.41, 5.74) is 0.910. The molecule has 1 unspecified atom stereocenters. The Kier molecular flexibility index (Phi) is 6.24. The molecular formula is C14H22O6PS+. The van der Waals surface area contributed by atoms with Gasteiger partial charge in [0.25, 0.3) is 10.1 Å². The molecule has 0 saturated heterocycles. The fourth-order valence-corrected chi connectivity index (χ4v) is 4.21. The molecule has 1 rings (SSSR count). The van der Waals surface area contributed by atoms with E-state index in [2.05, 4.69) is 0 Å². The molecule has 8 heteroatoms. The van der Waals surface area contributed by atoms with Crippen molar-refractivity contribution in [2.45, 2.75) is 45.3 Å². The van der Waals surface area contributed by atoms with Gasteiger partial charge in [0.1, 0.15) is 0 Å². The van der Waals surface area contributed by atoms with E-state index < -0.39 is 36.0 Å². The first-order chi connectivity index (χ1) is 10.0. The molecule has 1 aromatic carbocycles. The lowest BCUT2D eigenvalue weighted by molar-refractivity contribution is -0.176. The lowest BCUT2D eigenvalue weighted by Gasteiger charge is -2.33. The van der Waals surface area contributed by atoms with E-state index in [-0.39, 0.29) is 4.90 Å². The molecular weight excluding hydrogens is 327 g/mol. The molecule has 0 aliphatic rings. The summed E-state index contributed by atoms with van der Waals surface area (Å²) in [4.78, 5) is 9.07. The molecule has 0 aliphatic carbocycles. The predicted molar refractivity (Wildman–Crippen MR) is 82.8 cm³/mol. The van der Waals surface area contributed by atoms with E-state index in [1.807, 2.05) is 6.92 Å². The number of benzene rings is 1. The van der Waals surface area contributed by atoms with Crippen LogP contribution in [0.1, 0.15) is 33.3 Å². The Hall–Kier alpha value is -0.850. The Morgan fingerprint density at radius 3 is 1.91 bits per heavy atom. The average molecular weight is 349 g/mol. The largest absolute Gasteiger partial charge is 0.697 e. The number of rotatable bonds is 7. The second kappa shape index (κ2) is 7.15. The van der Waals surface area contributed by atoms with Gasteiger partial charge in [0.15, 0.2) is 0 Å². The Morgan fingerprint density at radius 2 is 1.55 bits per heavy atom. The number of hydrogen-bond donors (Lipinski definition) is 1. The SMILES string of the molecule is Cc1ccc(S(=O)(=O)OC(O[P+](=O)O)(C(C)C)C(C)C)cc1. The molecule has 1 aromatic rings. The van der Waals surface area contributed by atoms with Crippen molar-refractivity contribution in [3.63, 3.8) is 0 Å². The summed E-state index contributed by atoms with van der Waals surface area (Å²) < 4.78 is 46.4. The molecule has 0 amide bonds. The van der Waals surface area contributed by atoms with E-state index in [0.717, 1.165) is 5.56 Å². The van der Waals surface area contributed by atoms with Crippen molar-refractivity contribution in [1.82, 2.24) is 0 Å². The molecule has 0 heterocycles. The summed E-state index contributed by atoms with van der Waals surface area (Å²) in [6.45, 7) is 8.52. The van der Waals surface area contributed by atoms with Gasteiger partial charge in [0, 0.05) is 16.4 Å². The van der Waals surface area contributed by atoms with Gasteiger partial charge in [-0.05, 0) is 19.1 Å². The maximum Gasteiger partial charge on any atom is 0.697 e. The first-order valence-electron chi connectivity index (χ1n) is 6.89. The molecule has 1 atom stereocenters. The monoisotopic (exact) mass is 349 g/mol. The first kappa shape index (κ1) is 19.2. The summed E-state index contributed by atoms with van der Waals surface area (Å²) in [6, 6.07) is 6.15. The Balaban J connectivity index is 3.28. The highest BCUT2D eigenvalue weighted by atomic mass is 32.2. The fraction of sp³-hybridized carbons (Fsp3) is 0.571. The third-order valence-electron chi connectivity index (χ3n) is 3.38. The van der Waals surface area contributed by atoms with Crippen LogP contribution in [0.15, 0.2) is 29.2 Å². The van der Waals surface area contributed by atoms with Crippen LogP contribution in [-0.2, 0) is 23.4 Å². The number of hydrogen-bond acceptors (Lipinski definition) is 5. The van der Waals surface area contributed by atoms with Crippen molar-refractivity contribution >= 4 is 18.4 Å². The van der Waals surface area contributed by atoms with Crippen LogP contribution in [0.25, 0.3) is 0 Å². The minimum Gasteiger partial charge on any atom is -0.226 e. The van der Waals surface area contributed by atoms with E-state index in [1.54, 1.807) is 39.8 Å². The standard InChI is InChI=1S/C14H21O6PS/c1-10(2)14(11(3)4,19-21(15)16)20-22(17,18)13-8-6-12(5)7-9-13/h6-11H,1-5H3/p+1. The van der Waals surface area contributed by atoms with E-state index in [0.29, 0.717) is 0 Å². The van der Waals surface area contributed by atoms with E-state index in [4.69, 9.17) is 13.6 Å². The lowest BCUT2D eigenvalue weighted by Crippen LogP contribution is -2.46. The highest BCUT2D eigenvalue weighted by Crippen LogP contribution is 2.41. The molecule has 0 bridgehead atoms. The Labute approximate surface area is 132 Å². The van der Waals surface area contributed by atoms with Gasteiger partial charge in [-0.1, -0.05) is 49.9 Å². The van der Waals surface area contributed by atoms with E-state index in [1.165, 1.54) is 12.1 Å². The summed E-state index contributed by atoms with van der Waals surface area (Å²) in [5, 5.41) is 0. The molecule has 22 heavy (non-hydrogen) atoms. The molecule has 124 valence electrons. The van der Waals surface area contributed by atoms with Crippen LogP contribution in [0.4, 0.5) is 0 Å². The zero-order chi connectivity index (χ0) is 17.1. The normalized spacial score (nSPS) is 13.7. The zero-order valence-corrected chi connectivity index (χ0v) is 15.0. The van der Waals surface area contributed by atoms with Gasteiger partial charge in [-0.3, -0.25) is 0 Å². The molecule has 6 nitrogen and oxygen atoms in total. The van der Waals surface area contributed by atoms with Gasteiger partial charge in [-0.15, -0.1) is 4.89 Å². The average Bonchev–Trinajstić information content (AvgIpc) is 2.36. The highest BCUT2D eigenvalue weighted by Gasteiger charge is 2.51. The van der Waals surface area contributed by atoms with Gasteiger partial charge in [-0.25, -0.2) is 4.18 Å².